The van der Waals surface area contributed by atoms with E-state index in [1.807, 2.05) is 0 Å². The molecule has 21 heavy (non-hydrogen) atoms. The number of carbonyl (C=O) groups is 3. The van der Waals surface area contributed by atoms with E-state index in [1.165, 1.54) is 12.5 Å². The molecule has 10 heteroatoms. The zero-order chi connectivity index (χ0) is 15.8. The zero-order valence-corrected chi connectivity index (χ0v) is 11.7. The fourth-order valence-electron chi connectivity index (χ4n) is 1.54. The number of aromatic amines is 1. The van der Waals surface area contributed by atoms with Crippen LogP contribution in [0, 0.1) is 0 Å². The summed E-state index contributed by atoms with van der Waals surface area (Å²) in [5.74, 6) is -2.56. The van der Waals surface area contributed by atoms with E-state index >= 15 is 0 Å². The van der Waals surface area contributed by atoms with Crippen LogP contribution < -0.4 is 11.1 Å². The topological polar surface area (TPSA) is 147 Å². The van der Waals surface area contributed by atoms with Crippen molar-refractivity contribution in [2.24, 2.45) is 5.73 Å². The Kier molecular flexibility index (Phi) is 6.63. The van der Waals surface area contributed by atoms with Crippen molar-refractivity contribution >= 4 is 29.7 Å². The summed E-state index contributed by atoms with van der Waals surface area (Å²) in [6, 6.07) is -2.14. The number of amides is 1. The molecule has 0 bridgehead atoms. The molecule has 0 aliphatic rings. The van der Waals surface area contributed by atoms with Gasteiger partial charge in [0.15, 0.2) is 0 Å². The van der Waals surface area contributed by atoms with Gasteiger partial charge < -0.3 is 25.4 Å². The number of carbonyl (C=O) groups excluding carboxylic acids is 2. The van der Waals surface area contributed by atoms with Crippen molar-refractivity contribution in [3.8, 4) is 0 Å². The molecule has 0 saturated heterocycles. The summed E-state index contributed by atoms with van der Waals surface area (Å²) >= 11 is 5.02. The smallest absolute Gasteiger partial charge is 0.347 e. The van der Waals surface area contributed by atoms with Crippen LogP contribution in [-0.2, 0) is 25.1 Å². The molecule has 0 aliphatic carbocycles. The molecule has 1 heterocycles. The third-order valence-corrected chi connectivity index (χ3v) is 2.83. The van der Waals surface area contributed by atoms with Gasteiger partial charge in [-0.25, -0.2) is 9.78 Å². The lowest BCUT2D eigenvalue weighted by Gasteiger charge is -2.15. The van der Waals surface area contributed by atoms with Gasteiger partial charge in [-0.3, -0.25) is 9.59 Å². The molecule has 0 saturated carbocycles. The lowest BCUT2D eigenvalue weighted by Crippen LogP contribution is -2.43. The van der Waals surface area contributed by atoms with Gasteiger partial charge in [-0.15, -0.1) is 0 Å². The van der Waals surface area contributed by atoms with E-state index in [-0.39, 0.29) is 19.3 Å². The maximum Gasteiger partial charge on any atom is 0.347 e. The number of halogens is 1. The standard InChI is InChI=1S/C11H15ClN4O5/c12-21-11(20)8(3-6-4-14-5-15-6)16-9(17)2-1-7(13)10(18)19/h4-5,7-8H,1-3,13H2,(H,14,15)(H,16,17)(H,18,19). The van der Waals surface area contributed by atoms with E-state index in [1.54, 1.807) is 0 Å². The number of imidazole rings is 1. The molecule has 0 aromatic carbocycles. The Balaban J connectivity index is 2.54. The highest BCUT2D eigenvalue weighted by atomic mass is 35.5. The first-order chi connectivity index (χ1) is 9.93. The molecular weight excluding hydrogens is 304 g/mol. The normalized spacial score (nSPS) is 13.2. The number of nitrogens with zero attached hydrogens (tertiary/aromatic N) is 1. The predicted octanol–water partition coefficient (Wildman–Crippen LogP) is -0.674. The van der Waals surface area contributed by atoms with Gasteiger partial charge in [0, 0.05) is 24.7 Å². The summed E-state index contributed by atoms with van der Waals surface area (Å²) < 4.78 is 4.09. The van der Waals surface area contributed by atoms with Gasteiger partial charge in [0.05, 0.1) is 6.33 Å². The van der Waals surface area contributed by atoms with Crippen LogP contribution in [0.5, 0.6) is 0 Å². The number of aliphatic carboxylic acids is 1. The summed E-state index contributed by atoms with van der Waals surface area (Å²) in [7, 11) is 0. The summed E-state index contributed by atoms with van der Waals surface area (Å²) in [6.45, 7) is 0. The largest absolute Gasteiger partial charge is 0.480 e. The average molecular weight is 319 g/mol. The summed E-state index contributed by atoms with van der Waals surface area (Å²) in [4.78, 5) is 40.3. The third kappa shape index (κ3) is 5.79. The second kappa shape index (κ2) is 8.22. The number of hydrogen-bond acceptors (Lipinski definition) is 6. The first-order valence-corrected chi connectivity index (χ1v) is 6.32. The minimum absolute atomic E-state index is 0.0478. The molecule has 5 N–H and O–H groups in total. The van der Waals surface area contributed by atoms with E-state index < -0.39 is 29.9 Å². The van der Waals surface area contributed by atoms with Crippen LogP contribution in [0.4, 0.5) is 0 Å². The molecule has 0 spiro atoms. The van der Waals surface area contributed by atoms with Gasteiger partial charge in [0.25, 0.3) is 0 Å². The van der Waals surface area contributed by atoms with Crippen molar-refractivity contribution in [3.05, 3.63) is 18.2 Å². The molecule has 9 nitrogen and oxygen atoms in total. The van der Waals surface area contributed by atoms with Crippen LogP contribution in [0.3, 0.4) is 0 Å². The minimum atomic E-state index is -1.20. The number of carboxylic acids is 1. The van der Waals surface area contributed by atoms with Crippen LogP contribution in [-0.4, -0.2) is 45.0 Å². The summed E-state index contributed by atoms with van der Waals surface area (Å²) in [6.07, 6.45) is 2.84. The number of aromatic nitrogens is 2. The first kappa shape index (κ1) is 16.9. The van der Waals surface area contributed by atoms with Gasteiger partial charge >= 0.3 is 11.9 Å². The number of nitrogens with one attached hydrogen (secondary N) is 2. The first-order valence-electron chi connectivity index (χ1n) is 6.01. The molecule has 2 unspecified atom stereocenters. The highest BCUT2D eigenvalue weighted by Crippen LogP contribution is 2.03. The van der Waals surface area contributed by atoms with Crippen LogP contribution in [0.25, 0.3) is 0 Å². The second-order valence-corrected chi connectivity index (χ2v) is 4.43. The molecule has 1 amide bonds. The van der Waals surface area contributed by atoms with Crippen molar-refractivity contribution in [1.29, 1.82) is 0 Å². The van der Waals surface area contributed by atoms with Gasteiger partial charge in [-0.1, -0.05) is 0 Å². The lowest BCUT2D eigenvalue weighted by molar-refractivity contribution is -0.140. The van der Waals surface area contributed by atoms with E-state index in [0.717, 1.165) is 0 Å². The molecule has 0 fully saturated rings. The quantitative estimate of drug-likeness (QED) is 0.496. The van der Waals surface area contributed by atoms with Crippen LogP contribution in [0.2, 0.25) is 0 Å². The average Bonchev–Trinajstić information content (AvgIpc) is 2.95. The second-order valence-electron chi connectivity index (χ2n) is 4.28. The fourth-order valence-corrected chi connectivity index (χ4v) is 1.65. The molecule has 0 radical (unpaired) electrons. The number of nitrogens with two attached hydrogens (primary N) is 1. The number of rotatable bonds is 8. The van der Waals surface area contributed by atoms with Gasteiger partial charge in [-0.05, 0) is 6.42 Å². The highest BCUT2D eigenvalue weighted by Gasteiger charge is 2.24. The molecular formula is C11H15ClN4O5. The molecule has 1 aromatic rings. The third-order valence-electron chi connectivity index (χ3n) is 2.67. The van der Waals surface area contributed by atoms with Crippen LogP contribution in [0.15, 0.2) is 12.5 Å². The Labute approximate surface area is 125 Å². The van der Waals surface area contributed by atoms with E-state index in [9.17, 15) is 14.4 Å². The van der Waals surface area contributed by atoms with E-state index in [0.29, 0.717) is 5.69 Å². The van der Waals surface area contributed by atoms with Crippen molar-refractivity contribution in [3.63, 3.8) is 0 Å². The lowest BCUT2D eigenvalue weighted by atomic mass is 10.1. The fraction of sp³-hybridized carbons (Fsp3) is 0.455. The molecule has 0 aliphatic heterocycles. The molecule has 116 valence electrons. The van der Waals surface area contributed by atoms with Crippen molar-refractivity contribution in [2.75, 3.05) is 0 Å². The molecule has 1 rings (SSSR count). The number of carboxylic acid groups (broad SMARTS) is 1. The van der Waals surface area contributed by atoms with Crippen molar-refractivity contribution in [2.45, 2.75) is 31.3 Å². The number of H-pyrrole nitrogens is 1. The Morgan fingerprint density at radius 2 is 2.24 bits per heavy atom. The van der Waals surface area contributed by atoms with E-state index in [4.69, 9.17) is 22.7 Å². The maximum absolute atomic E-state index is 11.7. The van der Waals surface area contributed by atoms with Gasteiger partial charge in [0.1, 0.15) is 23.9 Å². The van der Waals surface area contributed by atoms with Crippen molar-refractivity contribution in [1.82, 2.24) is 15.3 Å². The predicted molar refractivity (Wildman–Crippen MR) is 71.0 cm³/mol. The molecule has 1 aromatic heterocycles. The monoisotopic (exact) mass is 318 g/mol. The summed E-state index contributed by atoms with van der Waals surface area (Å²) in [5.41, 5.74) is 5.89. The van der Waals surface area contributed by atoms with Gasteiger partial charge in [0.2, 0.25) is 5.91 Å². The maximum atomic E-state index is 11.7. The Bertz CT molecular complexity index is 493. The Morgan fingerprint density at radius 1 is 1.52 bits per heavy atom. The zero-order valence-electron chi connectivity index (χ0n) is 10.9. The Hall–Kier alpha value is -2.13. The van der Waals surface area contributed by atoms with Crippen LogP contribution >= 0.6 is 11.9 Å². The van der Waals surface area contributed by atoms with Crippen molar-refractivity contribution < 1.29 is 23.8 Å². The van der Waals surface area contributed by atoms with E-state index in [2.05, 4.69) is 19.6 Å². The van der Waals surface area contributed by atoms with Gasteiger partial charge in [-0.2, -0.15) is 0 Å². The molecule has 2 atom stereocenters. The SMILES string of the molecule is NC(CCC(=O)NC(Cc1cnc[nH]1)C(=O)OCl)C(=O)O. The Morgan fingerprint density at radius 3 is 2.76 bits per heavy atom. The van der Waals surface area contributed by atoms with Crippen LogP contribution in [0.1, 0.15) is 18.5 Å². The highest BCUT2D eigenvalue weighted by molar-refractivity contribution is 6.14. The number of hydrogen-bond donors (Lipinski definition) is 4. The summed E-state index contributed by atoms with van der Waals surface area (Å²) in [5, 5.41) is 11.0. The minimum Gasteiger partial charge on any atom is -0.480 e.